The lowest BCUT2D eigenvalue weighted by Crippen LogP contribution is -2.35. The molecule has 2 heterocycles. The van der Waals surface area contributed by atoms with Crippen molar-refractivity contribution in [3.63, 3.8) is 0 Å². The normalized spacial score (nSPS) is 16.3. The molecule has 7 nitrogen and oxygen atoms in total. The summed E-state index contributed by atoms with van der Waals surface area (Å²) in [4.78, 5) is 2.53. The summed E-state index contributed by atoms with van der Waals surface area (Å²) in [5.41, 5.74) is 2.02. The minimum atomic E-state index is -3.57. The van der Waals surface area contributed by atoms with Crippen LogP contribution < -0.4 is 4.74 Å². The Bertz CT molecular complexity index is 1070. The summed E-state index contributed by atoms with van der Waals surface area (Å²) in [7, 11) is -1.92. The first-order valence-electron chi connectivity index (χ1n) is 10.0. The van der Waals surface area contributed by atoms with Crippen LogP contribution in [-0.4, -0.2) is 60.7 Å². The number of rotatable bonds is 6. The SMILES string of the molecule is COc1ccc(CN2CCCN(S(=O)(=O)c3cnn(-c4ccccc4)c3)CC2)cc1. The fourth-order valence-corrected chi connectivity index (χ4v) is 5.05. The molecule has 0 saturated carbocycles. The van der Waals surface area contributed by atoms with Gasteiger partial charge in [-0.1, -0.05) is 30.3 Å². The molecule has 8 heteroatoms. The van der Waals surface area contributed by atoms with Crippen molar-refractivity contribution in [3.8, 4) is 11.4 Å². The first-order valence-corrected chi connectivity index (χ1v) is 11.5. The van der Waals surface area contributed by atoms with Crippen LogP contribution in [0.25, 0.3) is 5.69 Å². The summed E-state index contributed by atoms with van der Waals surface area (Å²) in [5, 5.41) is 4.25. The third-order valence-electron chi connectivity index (χ3n) is 5.33. The highest BCUT2D eigenvalue weighted by molar-refractivity contribution is 7.89. The highest BCUT2D eigenvalue weighted by Crippen LogP contribution is 2.20. The van der Waals surface area contributed by atoms with E-state index in [0.29, 0.717) is 19.6 Å². The average Bonchev–Trinajstić information content (AvgIpc) is 3.17. The second-order valence-corrected chi connectivity index (χ2v) is 9.28. The van der Waals surface area contributed by atoms with Gasteiger partial charge in [0.1, 0.15) is 10.6 Å². The van der Waals surface area contributed by atoms with Crippen LogP contribution in [0.3, 0.4) is 0 Å². The molecule has 0 aliphatic carbocycles. The summed E-state index contributed by atoms with van der Waals surface area (Å²) < 4.78 is 34.7. The van der Waals surface area contributed by atoms with Gasteiger partial charge in [-0.3, -0.25) is 4.90 Å². The predicted octanol–water partition coefficient (Wildman–Crippen LogP) is 2.78. The van der Waals surface area contributed by atoms with Gasteiger partial charge in [0, 0.05) is 26.2 Å². The molecule has 3 aromatic rings. The number of ether oxygens (including phenoxy) is 1. The van der Waals surface area contributed by atoms with Gasteiger partial charge in [-0.15, -0.1) is 0 Å². The van der Waals surface area contributed by atoms with Crippen molar-refractivity contribution in [1.82, 2.24) is 19.0 Å². The monoisotopic (exact) mass is 426 g/mol. The third-order valence-corrected chi connectivity index (χ3v) is 7.18. The molecule has 1 saturated heterocycles. The van der Waals surface area contributed by atoms with Crippen LogP contribution in [0.2, 0.25) is 0 Å². The minimum absolute atomic E-state index is 0.231. The van der Waals surface area contributed by atoms with Gasteiger partial charge in [-0.05, 0) is 42.8 Å². The standard InChI is InChI=1S/C22H26N4O3S/c1-29-21-10-8-19(9-11-21)17-24-12-5-13-25(15-14-24)30(27,28)22-16-23-26(18-22)20-6-3-2-4-7-20/h2-4,6-11,16,18H,5,12-15,17H2,1H3. The Hall–Kier alpha value is -2.68. The number of sulfonamides is 1. The first-order chi connectivity index (χ1) is 14.6. The van der Waals surface area contributed by atoms with Gasteiger partial charge in [0.15, 0.2) is 0 Å². The van der Waals surface area contributed by atoms with E-state index in [1.807, 2.05) is 42.5 Å². The van der Waals surface area contributed by atoms with E-state index in [1.54, 1.807) is 22.3 Å². The molecular formula is C22H26N4O3S. The molecule has 4 rings (SSSR count). The summed E-state index contributed by atoms with van der Waals surface area (Å²) in [6.45, 7) is 3.33. The van der Waals surface area contributed by atoms with Crippen molar-refractivity contribution in [3.05, 3.63) is 72.6 Å². The Morgan fingerprint density at radius 1 is 0.967 bits per heavy atom. The molecule has 0 N–H and O–H groups in total. The highest BCUT2D eigenvalue weighted by Gasteiger charge is 2.28. The zero-order chi connectivity index (χ0) is 21.0. The van der Waals surface area contributed by atoms with Crippen molar-refractivity contribution in [2.45, 2.75) is 17.9 Å². The average molecular weight is 427 g/mol. The van der Waals surface area contributed by atoms with Crippen molar-refractivity contribution in [2.24, 2.45) is 0 Å². The Labute approximate surface area is 177 Å². The first kappa shape index (κ1) is 20.6. The molecule has 0 unspecified atom stereocenters. The fraction of sp³-hybridized carbons (Fsp3) is 0.318. The molecule has 0 atom stereocenters. The summed E-state index contributed by atoms with van der Waals surface area (Å²) >= 11 is 0. The molecule has 1 aliphatic rings. The molecule has 1 aromatic heterocycles. The molecule has 1 aliphatic heterocycles. The second-order valence-electron chi connectivity index (χ2n) is 7.34. The largest absolute Gasteiger partial charge is 0.497 e. The van der Waals surface area contributed by atoms with E-state index in [4.69, 9.17) is 4.74 Å². The molecule has 0 bridgehead atoms. The zero-order valence-electron chi connectivity index (χ0n) is 17.0. The maximum atomic E-state index is 13.2. The lowest BCUT2D eigenvalue weighted by atomic mass is 10.2. The van der Waals surface area contributed by atoms with Crippen LogP contribution in [0.15, 0.2) is 71.9 Å². The number of hydrogen-bond donors (Lipinski definition) is 0. The van der Waals surface area contributed by atoms with Gasteiger partial charge in [-0.2, -0.15) is 9.40 Å². The van der Waals surface area contributed by atoms with Gasteiger partial charge in [0.25, 0.3) is 0 Å². The Balaban J connectivity index is 1.42. The van der Waals surface area contributed by atoms with Crippen LogP contribution >= 0.6 is 0 Å². The van der Waals surface area contributed by atoms with Gasteiger partial charge in [0.05, 0.1) is 25.2 Å². The molecule has 0 radical (unpaired) electrons. The van der Waals surface area contributed by atoms with E-state index >= 15 is 0 Å². The Kier molecular flexibility index (Phi) is 6.17. The second kappa shape index (κ2) is 8.99. The maximum absolute atomic E-state index is 13.2. The van der Waals surface area contributed by atoms with Crippen molar-refractivity contribution >= 4 is 10.0 Å². The van der Waals surface area contributed by atoms with E-state index in [2.05, 4.69) is 22.1 Å². The molecule has 30 heavy (non-hydrogen) atoms. The van der Waals surface area contributed by atoms with Crippen LogP contribution in [0.4, 0.5) is 0 Å². The number of aromatic nitrogens is 2. The minimum Gasteiger partial charge on any atom is -0.497 e. The summed E-state index contributed by atoms with van der Waals surface area (Å²) in [6, 6.07) is 17.5. The van der Waals surface area contributed by atoms with E-state index in [0.717, 1.165) is 30.9 Å². The molecule has 0 amide bonds. The molecular weight excluding hydrogens is 400 g/mol. The summed E-state index contributed by atoms with van der Waals surface area (Å²) in [6.07, 6.45) is 3.81. The predicted molar refractivity (Wildman–Crippen MR) is 115 cm³/mol. The lowest BCUT2D eigenvalue weighted by Gasteiger charge is -2.21. The van der Waals surface area contributed by atoms with Crippen molar-refractivity contribution in [1.29, 1.82) is 0 Å². The van der Waals surface area contributed by atoms with E-state index in [-0.39, 0.29) is 4.90 Å². The van der Waals surface area contributed by atoms with Gasteiger partial charge in [-0.25, -0.2) is 13.1 Å². The smallest absolute Gasteiger partial charge is 0.246 e. The number of benzene rings is 2. The van der Waals surface area contributed by atoms with Gasteiger partial charge >= 0.3 is 0 Å². The van der Waals surface area contributed by atoms with Crippen molar-refractivity contribution in [2.75, 3.05) is 33.3 Å². The number of hydrogen-bond acceptors (Lipinski definition) is 5. The van der Waals surface area contributed by atoms with E-state index in [9.17, 15) is 8.42 Å². The quantitative estimate of drug-likeness (QED) is 0.606. The van der Waals surface area contributed by atoms with Crippen LogP contribution in [0.5, 0.6) is 5.75 Å². The fourth-order valence-electron chi connectivity index (χ4n) is 3.65. The molecule has 0 spiro atoms. The number of para-hydroxylation sites is 1. The topological polar surface area (TPSA) is 67.7 Å². The Morgan fingerprint density at radius 3 is 2.47 bits per heavy atom. The maximum Gasteiger partial charge on any atom is 0.246 e. The lowest BCUT2D eigenvalue weighted by molar-refractivity contribution is 0.278. The van der Waals surface area contributed by atoms with Gasteiger partial charge in [0.2, 0.25) is 10.0 Å². The molecule has 158 valence electrons. The number of methoxy groups -OCH3 is 1. The van der Waals surface area contributed by atoms with Crippen LogP contribution in [0.1, 0.15) is 12.0 Å². The highest BCUT2D eigenvalue weighted by atomic mass is 32.2. The van der Waals surface area contributed by atoms with E-state index in [1.165, 1.54) is 11.8 Å². The van der Waals surface area contributed by atoms with Crippen LogP contribution in [-0.2, 0) is 16.6 Å². The van der Waals surface area contributed by atoms with E-state index < -0.39 is 10.0 Å². The zero-order valence-corrected chi connectivity index (χ0v) is 17.8. The molecule has 2 aromatic carbocycles. The van der Waals surface area contributed by atoms with Crippen LogP contribution in [0, 0.1) is 0 Å². The summed E-state index contributed by atoms with van der Waals surface area (Å²) in [5.74, 6) is 0.836. The van der Waals surface area contributed by atoms with Gasteiger partial charge < -0.3 is 4.74 Å². The molecule has 1 fully saturated rings. The van der Waals surface area contributed by atoms with Crippen molar-refractivity contribution < 1.29 is 13.2 Å². The number of nitrogens with zero attached hydrogens (tertiary/aromatic N) is 4. The third kappa shape index (κ3) is 4.56. The Morgan fingerprint density at radius 2 is 1.73 bits per heavy atom.